The van der Waals surface area contributed by atoms with Gasteiger partial charge in [0.1, 0.15) is 12.2 Å². The molecule has 2 amide bonds. The average Bonchev–Trinajstić information content (AvgIpc) is 0.776. The molecule has 12 aromatic rings. The maximum Gasteiger partial charge on any atom is 0.407 e. The third-order valence-corrected chi connectivity index (χ3v) is 22.5. The number of alkyl carbamates (subject to hydrolysis) is 2. The van der Waals surface area contributed by atoms with E-state index in [0.717, 1.165) is 145 Å². The van der Waals surface area contributed by atoms with Crippen molar-refractivity contribution in [3.63, 3.8) is 0 Å². The molecule has 5 unspecified atom stereocenters. The van der Waals surface area contributed by atoms with Gasteiger partial charge in [0, 0.05) is 58.7 Å². The van der Waals surface area contributed by atoms with Crippen molar-refractivity contribution in [2.45, 2.75) is 160 Å². The number of rotatable bonds is 14. The predicted molar refractivity (Wildman–Crippen MR) is 483 cm³/mol. The van der Waals surface area contributed by atoms with Crippen molar-refractivity contribution < 1.29 is 19.1 Å². The van der Waals surface area contributed by atoms with E-state index >= 15 is 0 Å². The highest BCUT2D eigenvalue weighted by molar-refractivity contribution is 6.20. The van der Waals surface area contributed by atoms with Crippen LogP contribution in [0.3, 0.4) is 0 Å². The third-order valence-electron chi connectivity index (χ3n) is 22.5. The van der Waals surface area contributed by atoms with Crippen LogP contribution in [0, 0.1) is 17.8 Å². The Labute approximate surface area is 706 Å². The van der Waals surface area contributed by atoms with Crippen LogP contribution in [-0.4, -0.2) is 77.8 Å². The number of fused-ring (bicyclic) bond motifs is 3. The molecule has 1 fully saturated rings. The SMILES string of the molecule is C1=C2C(c3ccccc3)=NN=C(c3ccccc3)C2CCCCC1.O=C(NCc1ccccc1)OC1/C=C/CCCCC1.O=C(NCc1ccccc1)OC1CCCCCC2C(c3ccccc3)=NN=C(c3ccccc3)C12.c1ccc(-c2nnc(-c3ccccc3)c3c2CCCCCC3)cc1.c1ccc(-c2nnc(-c3ccccc3)nn2)cc1. The summed E-state index contributed by atoms with van der Waals surface area (Å²) in [5.41, 5.74) is 21.3. The topological polar surface area (TPSA) is 203 Å². The molecule has 0 radical (unpaired) electrons. The van der Waals surface area contributed by atoms with Crippen LogP contribution in [-0.2, 0) is 35.4 Å². The Morgan fingerprint density at radius 1 is 0.325 bits per heavy atom. The lowest BCUT2D eigenvalue weighted by Gasteiger charge is -2.38. The number of amides is 2. The molecule has 0 saturated heterocycles. The van der Waals surface area contributed by atoms with E-state index in [1.807, 2.05) is 164 Å². The van der Waals surface area contributed by atoms with Crippen molar-refractivity contribution in [3.05, 3.63) is 372 Å². The van der Waals surface area contributed by atoms with Crippen LogP contribution in [0.15, 0.2) is 348 Å². The van der Waals surface area contributed by atoms with Gasteiger partial charge in [0.15, 0.2) is 0 Å². The smallest absolute Gasteiger partial charge is 0.407 e. The van der Waals surface area contributed by atoms with Crippen molar-refractivity contribution in [1.29, 1.82) is 0 Å². The maximum atomic E-state index is 12.9. The van der Waals surface area contributed by atoms with Crippen LogP contribution < -0.4 is 10.6 Å². The molecule has 606 valence electrons. The predicted octanol–water partition coefficient (Wildman–Crippen LogP) is 23.7. The number of allylic oxidation sites excluding steroid dienone is 3. The summed E-state index contributed by atoms with van der Waals surface area (Å²) in [6, 6.07) is 102. The van der Waals surface area contributed by atoms with E-state index in [9.17, 15) is 9.59 Å². The van der Waals surface area contributed by atoms with Crippen LogP contribution in [0.5, 0.6) is 0 Å². The van der Waals surface area contributed by atoms with E-state index in [2.05, 4.69) is 209 Å². The molecule has 4 aliphatic carbocycles. The van der Waals surface area contributed by atoms with Gasteiger partial charge >= 0.3 is 12.2 Å². The number of hydrogen-bond donors (Lipinski definition) is 2. The van der Waals surface area contributed by atoms with E-state index in [0.29, 0.717) is 30.7 Å². The molecule has 6 aliphatic rings. The fraction of sp³-hybridized carbons (Fsp3) is 0.269. The standard InChI is InChI=1S/C30H31N3O2.2C22H22N2.C16H21NO2.C14H10N4/c34-30(31-21-22-13-5-1-6-14-22)35-26-20-12-4-11-19-25-27(26)29(24-17-9-3-10-18-24)33-32-28(25)23-15-7-2-8-16-23;2*1-2-10-16-20-19(15-9-1)21(17-11-5-3-6-12-17)23-24-22(20)18-13-7-4-8-14-18;18-16(17-13-14-9-5-4-6-10-14)19-15-11-7-2-1-3-8-12-15;1-3-7-11(8-4-1)13-15-17-14(18-16-13)12-9-5-2-6-10-12/h1-3,5-10,13-18,25-27H,4,11-12,19-21H2,(H,31,34);3-8,11-14H,1-2,9-10,15-16H2;3-8,11-15,20H,1-2,9-10,16H2;4-7,9-11,15H,1-3,8,12-13H2,(H,17,18);1-10H/b;;;11-7+;. The van der Waals surface area contributed by atoms with E-state index in [1.165, 1.54) is 96.7 Å². The van der Waals surface area contributed by atoms with Gasteiger partial charge in [-0.1, -0.05) is 360 Å². The van der Waals surface area contributed by atoms with Gasteiger partial charge in [-0.2, -0.15) is 15.3 Å². The summed E-state index contributed by atoms with van der Waals surface area (Å²) in [5.74, 6) is 1.52. The maximum absolute atomic E-state index is 12.9. The van der Waals surface area contributed by atoms with Crippen LogP contribution in [0.4, 0.5) is 9.59 Å². The number of carbonyl (C=O) groups excluding carboxylic acids is 2. The molecule has 2 aromatic heterocycles. The molecule has 16 heteroatoms. The minimum Gasteiger partial charge on any atom is -0.446 e. The van der Waals surface area contributed by atoms with Crippen LogP contribution in [0.2, 0.25) is 0 Å². The normalized spacial score (nSPS) is 18.3. The zero-order chi connectivity index (χ0) is 81.8. The quantitative estimate of drug-likeness (QED) is 0.0986. The minimum absolute atomic E-state index is 0.0483. The lowest BCUT2D eigenvalue weighted by atomic mass is 9.71. The Bertz CT molecular complexity index is 5210. The number of benzene rings is 10. The number of ether oxygens (including phenoxy) is 2. The first kappa shape index (κ1) is 83.4. The van der Waals surface area contributed by atoms with Crippen molar-refractivity contribution >= 4 is 35.0 Å². The number of nitrogens with zero attached hydrogens (tertiary/aromatic N) is 10. The fourth-order valence-corrected chi connectivity index (χ4v) is 16.4. The molecule has 2 aliphatic heterocycles. The van der Waals surface area contributed by atoms with E-state index in [4.69, 9.17) is 19.7 Å². The van der Waals surface area contributed by atoms with Crippen molar-refractivity contribution in [2.24, 2.45) is 38.2 Å². The first-order valence-electron chi connectivity index (χ1n) is 43.0. The average molecular weight is 1590 g/mol. The summed E-state index contributed by atoms with van der Waals surface area (Å²) in [6.07, 6.45) is 29.6. The largest absolute Gasteiger partial charge is 0.446 e. The number of carbonyl (C=O) groups is 2. The minimum atomic E-state index is -0.380. The monoisotopic (exact) mass is 1590 g/mol. The molecule has 10 aromatic carbocycles. The Balaban J connectivity index is 0.000000126. The zero-order valence-electron chi connectivity index (χ0n) is 68.4. The zero-order valence-corrected chi connectivity index (χ0v) is 68.4. The number of nitrogens with one attached hydrogen (secondary N) is 2. The van der Waals surface area contributed by atoms with Crippen molar-refractivity contribution in [2.75, 3.05) is 0 Å². The van der Waals surface area contributed by atoms with Gasteiger partial charge in [-0.05, 0) is 140 Å². The van der Waals surface area contributed by atoms with Gasteiger partial charge in [-0.3, -0.25) is 0 Å². The summed E-state index contributed by atoms with van der Waals surface area (Å²) < 4.78 is 11.6. The van der Waals surface area contributed by atoms with Gasteiger partial charge in [-0.25, -0.2) is 9.59 Å². The molecule has 4 heterocycles. The van der Waals surface area contributed by atoms with Gasteiger partial charge in [-0.15, -0.1) is 35.7 Å². The molecular formula is C104H106N12O4. The lowest BCUT2D eigenvalue weighted by molar-refractivity contribution is 0.0577. The fourth-order valence-electron chi connectivity index (χ4n) is 16.4. The summed E-state index contributed by atoms with van der Waals surface area (Å²) in [5, 5.41) is 50.3. The van der Waals surface area contributed by atoms with E-state index in [1.54, 1.807) is 0 Å². The Kier molecular flexibility index (Phi) is 31.3. The molecule has 0 spiro atoms. The van der Waals surface area contributed by atoms with Crippen molar-refractivity contribution in [3.8, 4) is 45.3 Å². The number of hydrogen-bond acceptors (Lipinski definition) is 14. The summed E-state index contributed by atoms with van der Waals surface area (Å²) in [6.45, 7) is 0.951. The molecule has 0 bridgehead atoms. The van der Waals surface area contributed by atoms with Crippen molar-refractivity contribution in [1.82, 2.24) is 41.2 Å². The van der Waals surface area contributed by atoms with Gasteiger partial charge in [0.2, 0.25) is 11.6 Å². The molecule has 2 N–H and O–H groups in total. The molecule has 5 atom stereocenters. The van der Waals surface area contributed by atoms with E-state index in [-0.39, 0.29) is 36.2 Å². The van der Waals surface area contributed by atoms with Crippen LogP contribution >= 0.6 is 0 Å². The Morgan fingerprint density at radius 3 is 1.20 bits per heavy atom. The van der Waals surface area contributed by atoms with Gasteiger partial charge in [0.05, 0.1) is 34.2 Å². The number of aromatic nitrogens is 6. The highest BCUT2D eigenvalue weighted by Gasteiger charge is 2.42. The molecule has 120 heavy (non-hydrogen) atoms. The summed E-state index contributed by atoms with van der Waals surface area (Å²) >= 11 is 0. The van der Waals surface area contributed by atoms with Crippen LogP contribution in [0.1, 0.15) is 167 Å². The molecule has 1 saturated carbocycles. The Hall–Kier alpha value is -13.1. The summed E-state index contributed by atoms with van der Waals surface area (Å²) in [4.78, 5) is 24.7. The molecular weight excluding hydrogens is 1480 g/mol. The lowest BCUT2D eigenvalue weighted by Crippen LogP contribution is -2.45. The Morgan fingerprint density at radius 2 is 0.700 bits per heavy atom. The second-order valence-corrected chi connectivity index (χ2v) is 30.9. The van der Waals surface area contributed by atoms with Gasteiger partial charge < -0.3 is 20.1 Å². The van der Waals surface area contributed by atoms with E-state index < -0.39 is 0 Å². The second-order valence-electron chi connectivity index (χ2n) is 30.9. The third kappa shape index (κ3) is 23.9. The first-order valence-corrected chi connectivity index (χ1v) is 43.0. The first-order chi connectivity index (χ1) is 59.4. The van der Waals surface area contributed by atoms with Gasteiger partial charge in [0.25, 0.3) is 0 Å². The molecule has 18 rings (SSSR count). The highest BCUT2D eigenvalue weighted by Crippen LogP contribution is 2.40. The highest BCUT2D eigenvalue weighted by atomic mass is 16.6. The second kappa shape index (κ2) is 45.0. The summed E-state index contributed by atoms with van der Waals surface area (Å²) in [7, 11) is 0. The van der Waals surface area contributed by atoms with Crippen LogP contribution in [0.25, 0.3) is 45.3 Å². The molecule has 16 nitrogen and oxygen atoms in total.